The lowest BCUT2D eigenvalue weighted by Crippen LogP contribution is -2.49. The van der Waals surface area contributed by atoms with E-state index in [0.717, 1.165) is 24.7 Å². The van der Waals surface area contributed by atoms with Crippen LogP contribution in [0.1, 0.15) is 26.2 Å². The van der Waals surface area contributed by atoms with Gasteiger partial charge < -0.3 is 14.5 Å². The van der Waals surface area contributed by atoms with Gasteiger partial charge in [-0.2, -0.15) is 4.31 Å². The second-order valence-electron chi connectivity index (χ2n) is 7.59. The number of ether oxygens (including phenoxy) is 1. The molecule has 0 N–H and O–H groups in total. The molecule has 0 saturated carbocycles. The summed E-state index contributed by atoms with van der Waals surface area (Å²) in [7, 11) is -3.51. The van der Waals surface area contributed by atoms with E-state index in [1.807, 2.05) is 19.1 Å². The molecule has 0 amide bonds. The molecule has 8 nitrogen and oxygen atoms in total. The van der Waals surface area contributed by atoms with Crippen LogP contribution in [0.15, 0.2) is 41.3 Å². The Morgan fingerprint density at radius 2 is 1.37 bits per heavy atom. The Labute approximate surface area is 178 Å². The number of anilines is 2. The minimum absolute atomic E-state index is 0.296. The molecule has 9 heteroatoms. The molecule has 0 radical (unpaired) electrons. The fraction of sp³-hybridized carbons (Fsp3) is 0.524. The average Bonchev–Trinajstić information content (AvgIpc) is 2.80. The van der Waals surface area contributed by atoms with Crippen LogP contribution in [0.5, 0.6) is 5.75 Å². The van der Waals surface area contributed by atoms with Crippen molar-refractivity contribution in [3.63, 3.8) is 0 Å². The van der Waals surface area contributed by atoms with Gasteiger partial charge in [0.1, 0.15) is 5.75 Å². The Hall–Kier alpha value is -2.39. The van der Waals surface area contributed by atoms with Crippen molar-refractivity contribution in [2.75, 3.05) is 55.7 Å². The summed E-state index contributed by atoms with van der Waals surface area (Å²) >= 11 is 0. The van der Waals surface area contributed by atoms with Gasteiger partial charge in [-0.15, -0.1) is 10.2 Å². The second kappa shape index (κ2) is 9.18. The number of benzene rings is 1. The van der Waals surface area contributed by atoms with E-state index < -0.39 is 10.0 Å². The predicted octanol–water partition coefficient (Wildman–Crippen LogP) is 2.38. The van der Waals surface area contributed by atoms with Crippen LogP contribution in [-0.2, 0) is 10.0 Å². The number of rotatable bonds is 6. The molecular weight excluding hydrogens is 402 g/mol. The van der Waals surface area contributed by atoms with Gasteiger partial charge in [-0.3, -0.25) is 0 Å². The maximum absolute atomic E-state index is 13.0. The van der Waals surface area contributed by atoms with Gasteiger partial charge in [0, 0.05) is 39.3 Å². The van der Waals surface area contributed by atoms with Gasteiger partial charge in [0.2, 0.25) is 10.0 Å². The third kappa shape index (κ3) is 4.52. The molecule has 0 spiro atoms. The van der Waals surface area contributed by atoms with Crippen LogP contribution in [0.4, 0.5) is 11.6 Å². The van der Waals surface area contributed by atoms with Crippen molar-refractivity contribution in [1.29, 1.82) is 0 Å². The highest BCUT2D eigenvalue weighted by Crippen LogP contribution is 2.23. The van der Waals surface area contributed by atoms with Crippen molar-refractivity contribution in [2.45, 2.75) is 31.1 Å². The Balaban J connectivity index is 1.37. The van der Waals surface area contributed by atoms with Gasteiger partial charge in [0.05, 0.1) is 11.5 Å². The van der Waals surface area contributed by atoms with Crippen molar-refractivity contribution in [3.05, 3.63) is 36.4 Å². The van der Waals surface area contributed by atoms with E-state index >= 15 is 0 Å². The highest BCUT2D eigenvalue weighted by atomic mass is 32.2. The number of nitrogens with zero attached hydrogens (tertiary/aromatic N) is 5. The Morgan fingerprint density at radius 3 is 1.90 bits per heavy atom. The van der Waals surface area contributed by atoms with Crippen LogP contribution in [0, 0.1) is 0 Å². The SMILES string of the molecule is CCOc1ccc(S(=O)(=O)N2CCN(c3ccc(N4CCCCC4)nn3)CC2)cc1. The van der Waals surface area contributed by atoms with E-state index in [0.29, 0.717) is 43.4 Å². The molecule has 0 aliphatic carbocycles. The first kappa shape index (κ1) is 20.9. The second-order valence-corrected chi connectivity index (χ2v) is 9.53. The van der Waals surface area contributed by atoms with Crippen molar-refractivity contribution in [2.24, 2.45) is 0 Å². The van der Waals surface area contributed by atoms with Gasteiger partial charge in [0.25, 0.3) is 0 Å². The lowest BCUT2D eigenvalue weighted by atomic mass is 10.1. The van der Waals surface area contributed by atoms with Crippen molar-refractivity contribution < 1.29 is 13.2 Å². The van der Waals surface area contributed by atoms with Crippen molar-refractivity contribution >= 4 is 21.7 Å². The van der Waals surface area contributed by atoms with E-state index in [2.05, 4.69) is 20.0 Å². The molecule has 0 bridgehead atoms. The topological polar surface area (TPSA) is 78.9 Å². The van der Waals surface area contributed by atoms with Crippen molar-refractivity contribution in [3.8, 4) is 5.75 Å². The van der Waals surface area contributed by atoms with E-state index in [9.17, 15) is 8.42 Å². The number of hydrogen-bond acceptors (Lipinski definition) is 7. The zero-order valence-corrected chi connectivity index (χ0v) is 18.2. The quantitative estimate of drug-likeness (QED) is 0.695. The van der Waals surface area contributed by atoms with Crippen LogP contribution in [0.2, 0.25) is 0 Å². The third-order valence-corrected chi connectivity index (χ3v) is 7.56. The fourth-order valence-corrected chi connectivity index (χ4v) is 5.38. The Kier molecular flexibility index (Phi) is 6.38. The fourth-order valence-electron chi connectivity index (χ4n) is 3.96. The summed E-state index contributed by atoms with van der Waals surface area (Å²) in [6, 6.07) is 10.6. The number of piperidine rings is 1. The van der Waals surface area contributed by atoms with Crippen LogP contribution in [0.3, 0.4) is 0 Å². The molecule has 2 aromatic rings. The summed E-state index contributed by atoms with van der Waals surface area (Å²) in [5.74, 6) is 2.40. The van der Waals surface area contributed by atoms with Crippen LogP contribution < -0.4 is 14.5 Å². The normalized spacial score (nSPS) is 18.4. The predicted molar refractivity (Wildman–Crippen MR) is 117 cm³/mol. The minimum Gasteiger partial charge on any atom is -0.494 e. The third-order valence-electron chi connectivity index (χ3n) is 5.65. The molecule has 1 aromatic heterocycles. The Bertz CT molecular complexity index is 920. The number of aromatic nitrogens is 2. The van der Waals surface area contributed by atoms with Gasteiger partial charge >= 0.3 is 0 Å². The summed E-state index contributed by atoms with van der Waals surface area (Å²) < 4.78 is 32.8. The van der Waals surface area contributed by atoms with Crippen LogP contribution >= 0.6 is 0 Å². The first-order chi connectivity index (χ1) is 14.6. The zero-order chi connectivity index (χ0) is 21.0. The largest absolute Gasteiger partial charge is 0.494 e. The van der Waals surface area contributed by atoms with E-state index in [4.69, 9.17) is 4.74 Å². The summed E-state index contributed by atoms with van der Waals surface area (Å²) in [6.07, 6.45) is 3.69. The minimum atomic E-state index is -3.51. The molecule has 4 rings (SSSR count). The number of hydrogen-bond donors (Lipinski definition) is 0. The smallest absolute Gasteiger partial charge is 0.243 e. The first-order valence-corrected chi connectivity index (χ1v) is 12.1. The van der Waals surface area contributed by atoms with Gasteiger partial charge in [-0.25, -0.2) is 8.42 Å². The number of sulfonamides is 1. The summed E-state index contributed by atoms with van der Waals surface area (Å²) in [6.45, 7) is 6.55. The maximum atomic E-state index is 13.0. The molecule has 1 aromatic carbocycles. The van der Waals surface area contributed by atoms with E-state index in [1.165, 1.54) is 23.6 Å². The monoisotopic (exact) mass is 431 g/mol. The molecule has 3 heterocycles. The van der Waals surface area contributed by atoms with E-state index in [1.54, 1.807) is 24.3 Å². The zero-order valence-electron chi connectivity index (χ0n) is 17.4. The maximum Gasteiger partial charge on any atom is 0.243 e. The van der Waals surface area contributed by atoms with Crippen molar-refractivity contribution in [1.82, 2.24) is 14.5 Å². The number of piperazine rings is 1. The molecular formula is C21H29N5O3S. The lowest BCUT2D eigenvalue weighted by molar-refractivity contribution is 0.340. The molecule has 2 saturated heterocycles. The standard InChI is InChI=1S/C21H29N5O3S/c1-2-29-18-6-8-19(9-7-18)30(27,28)26-16-14-25(15-17-26)21-11-10-20(22-23-21)24-12-4-3-5-13-24/h6-11H,2-5,12-17H2,1H3. The molecule has 30 heavy (non-hydrogen) atoms. The molecule has 0 unspecified atom stereocenters. The van der Waals surface area contributed by atoms with Gasteiger partial charge in [0.15, 0.2) is 11.6 Å². The molecule has 2 fully saturated rings. The summed E-state index contributed by atoms with van der Waals surface area (Å²) in [5.41, 5.74) is 0. The van der Waals surface area contributed by atoms with Crippen LogP contribution in [-0.4, -0.2) is 68.8 Å². The molecule has 2 aliphatic heterocycles. The van der Waals surface area contributed by atoms with Gasteiger partial charge in [-0.1, -0.05) is 0 Å². The summed E-state index contributed by atoms with van der Waals surface area (Å²) in [5, 5.41) is 8.81. The molecule has 162 valence electrons. The summed E-state index contributed by atoms with van der Waals surface area (Å²) in [4.78, 5) is 4.67. The average molecular weight is 432 g/mol. The Morgan fingerprint density at radius 1 is 0.800 bits per heavy atom. The molecule has 0 atom stereocenters. The highest BCUT2D eigenvalue weighted by Gasteiger charge is 2.29. The lowest BCUT2D eigenvalue weighted by Gasteiger charge is -2.34. The van der Waals surface area contributed by atoms with E-state index in [-0.39, 0.29) is 0 Å². The first-order valence-electron chi connectivity index (χ1n) is 10.6. The van der Waals surface area contributed by atoms with Crippen LogP contribution in [0.25, 0.3) is 0 Å². The van der Waals surface area contributed by atoms with Gasteiger partial charge in [-0.05, 0) is 62.6 Å². The highest BCUT2D eigenvalue weighted by molar-refractivity contribution is 7.89. The molecule has 2 aliphatic rings.